The molecular weight excluding hydrogens is 120 g/mol. The summed E-state index contributed by atoms with van der Waals surface area (Å²) in [5.41, 5.74) is 0. The van der Waals surface area contributed by atoms with Gasteiger partial charge in [-0.05, 0) is 12.1 Å². The first-order chi connectivity index (χ1) is 3.93. The van der Waals surface area contributed by atoms with Crippen molar-refractivity contribution < 1.29 is 4.42 Å². The van der Waals surface area contributed by atoms with Crippen molar-refractivity contribution in [2.24, 2.45) is 0 Å². The second-order valence-corrected chi connectivity index (χ2v) is 2.12. The topological polar surface area (TPSA) is 13.1 Å². The molecule has 0 spiro atoms. The molecule has 0 amide bonds. The lowest BCUT2D eigenvalue weighted by Gasteiger charge is -1.85. The van der Waals surface area contributed by atoms with Crippen molar-refractivity contribution in [3.05, 3.63) is 30.4 Å². The van der Waals surface area contributed by atoms with E-state index in [1.54, 1.807) is 6.26 Å². The van der Waals surface area contributed by atoms with Gasteiger partial charge in [0.1, 0.15) is 5.76 Å². The molecule has 0 fully saturated rings. The van der Waals surface area contributed by atoms with Crippen LogP contribution >= 0.6 is 11.8 Å². The summed E-state index contributed by atoms with van der Waals surface area (Å²) in [6, 6.07) is 3.82. The van der Waals surface area contributed by atoms with Gasteiger partial charge in [0.2, 0.25) is 0 Å². The van der Waals surface area contributed by atoms with Crippen molar-refractivity contribution in [3.63, 3.8) is 0 Å². The molecule has 0 N–H and O–H groups in total. The van der Waals surface area contributed by atoms with Crippen LogP contribution in [-0.4, -0.2) is 0 Å². The van der Waals surface area contributed by atoms with E-state index < -0.39 is 0 Å². The molecule has 0 aliphatic heterocycles. The Morgan fingerprint density at radius 1 is 1.75 bits per heavy atom. The number of hydrogen-bond acceptors (Lipinski definition) is 2. The third kappa shape index (κ3) is 1.30. The number of rotatable bonds is 2. The lowest BCUT2D eigenvalue weighted by molar-refractivity contribution is 0.530. The monoisotopic (exact) mass is 127 g/mol. The normalized spacial score (nSPS) is 9.62. The van der Waals surface area contributed by atoms with Gasteiger partial charge in [-0.3, -0.25) is 0 Å². The minimum atomic E-state index is 0.868. The molecular formula is C6H7OS. The number of furan rings is 1. The molecule has 1 heterocycles. The van der Waals surface area contributed by atoms with Gasteiger partial charge in [0.25, 0.3) is 0 Å². The van der Waals surface area contributed by atoms with Crippen LogP contribution in [0.25, 0.3) is 0 Å². The third-order valence-electron chi connectivity index (χ3n) is 0.824. The zero-order chi connectivity index (χ0) is 5.82. The van der Waals surface area contributed by atoms with Gasteiger partial charge >= 0.3 is 0 Å². The van der Waals surface area contributed by atoms with E-state index in [1.165, 1.54) is 11.8 Å². The van der Waals surface area contributed by atoms with Gasteiger partial charge < -0.3 is 4.42 Å². The highest BCUT2D eigenvalue weighted by atomic mass is 32.2. The van der Waals surface area contributed by atoms with Crippen LogP contribution < -0.4 is 0 Å². The number of hydrogen-bond donors (Lipinski definition) is 0. The first-order valence-corrected chi connectivity index (χ1v) is 3.48. The van der Waals surface area contributed by atoms with E-state index in [0.29, 0.717) is 0 Å². The summed E-state index contributed by atoms with van der Waals surface area (Å²) in [5.74, 6) is 1.86. The van der Waals surface area contributed by atoms with Crippen molar-refractivity contribution in [2.45, 2.75) is 5.75 Å². The molecule has 0 bridgehead atoms. The van der Waals surface area contributed by atoms with Gasteiger partial charge in [-0.15, -0.1) is 0 Å². The van der Waals surface area contributed by atoms with Gasteiger partial charge in [0.15, 0.2) is 0 Å². The summed E-state index contributed by atoms with van der Waals surface area (Å²) in [7, 11) is 0. The predicted molar refractivity (Wildman–Crippen MR) is 35.4 cm³/mol. The second-order valence-electron chi connectivity index (χ2n) is 1.43. The Morgan fingerprint density at radius 2 is 2.62 bits per heavy atom. The van der Waals surface area contributed by atoms with Crippen molar-refractivity contribution in [2.75, 3.05) is 0 Å². The highest BCUT2D eigenvalue weighted by Crippen LogP contribution is 2.09. The van der Waals surface area contributed by atoms with E-state index >= 15 is 0 Å². The molecule has 0 saturated carbocycles. The third-order valence-corrected chi connectivity index (χ3v) is 1.31. The van der Waals surface area contributed by atoms with Crippen molar-refractivity contribution in [1.29, 1.82) is 0 Å². The van der Waals surface area contributed by atoms with E-state index in [9.17, 15) is 0 Å². The summed E-state index contributed by atoms with van der Waals surface area (Å²) >= 11 is 1.52. The zero-order valence-corrected chi connectivity index (χ0v) is 5.28. The fraction of sp³-hybridized carbons (Fsp3) is 0.167. The first kappa shape index (κ1) is 5.76. The van der Waals surface area contributed by atoms with Crippen LogP contribution in [0.1, 0.15) is 5.76 Å². The Labute approximate surface area is 53.1 Å². The summed E-state index contributed by atoms with van der Waals surface area (Å²) < 4.78 is 5.01. The van der Waals surface area contributed by atoms with Gasteiger partial charge in [-0.25, -0.2) is 0 Å². The average molecular weight is 127 g/mol. The van der Waals surface area contributed by atoms with Crippen LogP contribution in [0.3, 0.4) is 0 Å². The molecule has 8 heavy (non-hydrogen) atoms. The highest BCUT2D eigenvalue weighted by Gasteiger charge is 1.89. The largest absolute Gasteiger partial charge is 0.468 e. The molecule has 1 nitrogen and oxygen atoms in total. The number of thioether (sulfide) groups is 1. The maximum atomic E-state index is 5.01. The second kappa shape index (κ2) is 2.82. The van der Waals surface area contributed by atoms with Gasteiger partial charge in [0, 0.05) is 6.26 Å². The Morgan fingerprint density at radius 3 is 3.12 bits per heavy atom. The molecule has 0 atom stereocenters. The molecule has 0 aromatic carbocycles. The van der Waals surface area contributed by atoms with Crippen LogP contribution in [0.5, 0.6) is 0 Å². The minimum absolute atomic E-state index is 0.868. The maximum Gasteiger partial charge on any atom is 0.113 e. The van der Waals surface area contributed by atoms with Crippen molar-refractivity contribution >= 4 is 11.8 Å². The molecule has 0 unspecified atom stereocenters. The Kier molecular flexibility index (Phi) is 2.03. The average Bonchev–Trinajstić information content (AvgIpc) is 2.19. The van der Waals surface area contributed by atoms with E-state index in [2.05, 4.69) is 6.26 Å². The molecule has 1 radical (unpaired) electrons. The standard InChI is InChI=1S/C6H7OS/c1-8-5-6-3-2-4-7-6/h2-4H,1,5H2. The van der Waals surface area contributed by atoms with Crippen LogP contribution in [0.2, 0.25) is 0 Å². The predicted octanol–water partition coefficient (Wildman–Crippen LogP) is 2.30. The molecule has 2 heteroatoms. The molecule has 1 aromatic rings. The van der Waals surface area contributed by atoms with E-state index in [1.807, 2.05) is 12.1 Å². The molecule has 0 aliphatic carbocycles. The SMILES string of the molecule is [CH2]SCc1ccco1. The molecule has 0 saturated heterocycles. The Bertz CT molecular complexity index is 134. The van der Waals surface area contributed by atoms with Crippen molar-refractivity contribution in [3.8, 4) is 0 Å². The molecule has 43 valence electrons. The van der Waals surface area contributed by atoms with Crippen LogP contribution in [0, 0.1) is 6.26 Å². The lowest BCUT2D eigenvalue weighted by atomic mass is 10.5. The fourth-order valence-corrected chi connectivity index (χ4v) is 0.861. The molecule has 1 aromatic heterocycles. The van der Waals surface area contributed by atoms with Crippen LogP contribution in [0.15, 0.2) is 22.8 Å². The summed E-state index contributed by atoms with van der Waals surface area (Å²) in [6.07, 6.45) is 5.29. The molecule has 1 rings (SSSR count). The summed E-state index contributed by atoms with van der Waals surface area (Å²) in [6.45, 7) is 0. The zero-order valence-electron chi connectivity index (χ0n) is 4.46. The van der Waals surface area contributed by atoms with E-state index in [-0.39, 0.29) is 0 Å². The Balaban J connectivity index is 2.50. The smallest absolute Gasteiger partial charge is 0.113 e. The van der Waals surface area contributed by atoms with Gasteiger partial charge in [-0.1, -0.05) is 0 Å². The van der Waals surface area contributed by atoms with Crippen molar-refractivity contribution in [1.82, 2.24) is 0 Å². The molecule has 0 aliphatic rings. The van der Waals surface area contributed by atoms with Gasteiger partial charge in [-0.2, -0.15) is 11.8 Å². The highest BCUT2D eigenvalue weighted by molar-refractivity contribution is 7.99. The summed E-state index contributed by atoms with van der Waals surface area (Å²) in [4.78, 5) is 0. The lowest BCUT2D eigenvalue weighted by Crippen LogP contribution is -1.67. The first-order valence-electron chi connectivity index (χ1n) is 2.33. The minimum Gasteiger partial charge on any atom is -0.468 e. The van der Waals surface area contributed by atoms with Gasteiger partial charge in [0.05, 0.1) is 12.0 Å². The van der Waals surface area contributed by atoms with Crippen LogP contribution in [0.4, 0.5) is 0 Å². The quantitative estimate of drug-likeness (QED) is 0.604. The summed E-state index contributed by atoms with van der Waals surface area (Å²) in [5, 5.41) is 0. The van der Waals surface area contributed by atoms with E-state index in [0.717, 1.165) is 11.5 Å². The van der Waals surface area contributed by atoms with E-state index in [4.69, 9.17) is 4.42 Å². The fourth-order valence-electron chi connectivity index (χ4n) is 0.495. The van der Waals surface area contributed by atoms with Crippen LogP contribution in [-0.2, 0) is 5.75 Å². The Hall–Kier alpha value is -0.370. The maximum absolute atomic E-state index is 5.01.